The highest BCUT2D eigenvalue weighted by Gasteiger charge is 2.20. The predicted octanol–water partition coefficient (Wildman–Crippen LogP) is 2.97. The molecule has 2 heterocycles. The Balaban J connectivity index is 1.85. The van der Waals surface area contributed by atoms with Gasteiger partial charge >= 0.3 is 0 Å². The summed E-state index contributed by atoms with van der Waals surface area (Å²) in [5, 5.41) is 13.1. The summed E-state index contributed by atoms with van der Waals surface area (Å²) in [7, 11) is 0. The van der Waals surface area contributed by atoms with E-state index in [1.165, 1.54) is 11.8 Å². The van der Waals surface area contributed by atoms with Crippen LogP contribution < -0.4 is 11.5 Å². The van der Waals surface area contributed by atoms with Crippen LogP contribution in [0, 0.1) is 0 Å². The fourth-order valence-corrected chi connectivity index (χ4v) is 4.46. The molecule has 1 atom stereocenters. The van der Waals surface area contributed by atoms with E-state index < -0.39 is 6.10 Å². The molecule has 6 nitrogen and oxygen atoms in total. The van der Waals surface area contributed by atoms with Crippen molar-refractivity contribution in [2.24, 2.45) is 5.73 Å². The van der Waals surface area contributed by atoms with Crippen LogP contribution in [0.5, 0.6) is 0 Å². The van der Waals surface area contributed by atoms with E-state index in [0.29, 0.717) is 34.7 Å². The van der Waals surface area contributed by atoms with Crippen molar-refractivity contribution in [3.8, 4) is 11.3 Å². The number of thioether (sulfide) groups is 1. The molecule has 27 heavy (non-hydrogen) atoms. The summed E-state index contributed by atoms with van der Waals surface area (Å²) in [6, 6.07) is 9.88. The topological polar surface area (TPSA) is 107 Å². The van der Waals surface area contributed by atoms with Crippen LogP contribution in [-0.4, -0.2) is 33.5 Å². The quantitative estimate of drug-likeness (QED) is 0.444. The van der Waals surface area contributed by atoms with Gasteiger partial charge in [-0.2, -0.15) is 0 Å². The number of aliphatic hydroxyl groups excluding tert-OH is 1. The van der Waals surface area contributed by atoms with Gasteiger partial charge in [-0.15, -0.1) is 11.8 Å². The summed E-state index contributed by atoms with van der Waals surface area (Å²) in [6.07, 6.45) is -0.598. The number of anilines is 1. The van der Waals surface area contributed by atoms with Crippen molar-refractivity contribution >= 4 is 40.1 Å². The fourth-order valence-electron chi connectivity index (χ4n) is 3.27. The van der Waals surface area contributed by atoms with E-state index >= 15 is 0 Å². The molecule has 3 aromatic rings. The first-order valence-electron chi connectivity index (χ1n) is 8.53. The Kier molecular flexibility index (Phi) is 5.21. The average molecular weight is 403 g/mol. The molecule has 1 aliphatic heterocycles. The minimum Gasteiger partial charge on any atom is -0.391 e. The smallest absolute Gasteiger partial charge is 0.221 e. The number of hydrogen-bond donors (Lipinski definition) is 3. The highest BCUT2D eigenvalue weighted by Crippen LogP contribution is 2.40. The van der Waals surface area contributed by atoms with Crippen LogP contribution in [0.1, 0.15) is 11.1 Å². The highest BCUT2D eigenvalue weighted by molar-refractivity contribution is 7.99. The molecule has 0 aliphatic carbocycles. The third-order valence-corrected chi connectivity index (χ3v) is 5.82. The van der Waals surface area contributed by atoms with Gasteiger partial charge in [0.2, 0.25) is 5.95 Å². The van der Waals surface area contributed by atoms with Crippen LogP contribution >= 0.6 is 23.4 Å². The first-order chi connectivity index (χ1) is 13.1. The summed E-state index contributed by atoms with van der Waals surface area (Å²) in [6.45, 7) is 1.32. The lowest BCUT2D eigenvalue weighted by atomic mass is 9.93. The van der Waals surface area contributed by atoms with Crippen LogP contribution in [0.15, 0.2) is 35.4 Å². The summed E-state index contributed by atoms with van der Waals surface area (Å²) >= 11 is 8.02. The van der Waals surface area contributed by atoms with Gasteiger partial charge in [-0.25, -0.2) is 9.97 Å². The number of nitrogen functional groups attached to an aromatic ring is 1. The maximum Gasteiger partial charge on any atom is 0.221 e. The molecule has 0 radical (unpaired) electrons. The van der Waals surface area contributed by atoms with Crippen molar-refractivity contribution in [1.82, 2.24) is 9.97 Å². The fraction of sp³-hybridized carbons (Fsp3) is 0.263. The molecular formula is C19H19ClN4O2S. The van der Waals surface area contributed by atoms with Crippen LogP contribution in [0.2, 0.25) is 5.02 Å². The molecule has 8 heteroatoms. The molecule has 0 saturated heterocycles. The zero-order chi connectivity index (χ0) is 19.0. The number of aromatic nitrogens is 2. The number of nitrogens with two attached hydrogens (primary N) is 2. The van der Waals surface area contributed by atoms with Crippen molar-refractivity contribution < 1.29 is 9.84 Å². The molecule has 0 bridgehead atoms. The van der Waals surface area contributed by atoms with Gasteiger partial charge in [-0.1, -0.05) is 29.8 Å². The van der Waals surface area contributed by atoms with Gasteiger partial charge in [0.15, 0.2) is 0 Å². The van der Waals surface area contributed by atoms with Crippen LogP contribution in [0.3, 0.4) is 0 Å². The second-order valence-corrected chi connectivity index (χ2v) is 7.82. The Morgan fingerprint density at radius 3 is 2.85 bits per heavy atom. The van der Waals surface area contributed by atoms with E-state index in [4.69, 9.17) is 27.8 Å². The molecule has 5 N–H and O–H groups in total. The minimum absolute atomic E-state index is 0.164. The lowest BCUT2D eigenvalue weighted by Crippen LogP contribution is -2.21. The third-order valence-electron chi connectivity index (χ3n) is 4.47. The maximum atomic E-state index is 9.70. The number of ether oxygens (including phenoxy) is 1. The minimum atomic E-state index is -0.598. The Morgan fingerprint density at radius 2 is 2.04 bits per heavy atom. The van der Waals surface area contributed by atoms with Crippen molar-refractivity contribution in [1.29, 1.82) is 0 Å². The van der Waals surface area contributed by atoms with E-state index in [-0.39, 0.29) is 12.5 Å². The molecule has 4 rings (SSSR count). The third kappa shape index (κ3) is 3.61. The molecule has 0 spiro atoms. The highest BCUT2D eigenvalue weighted by atomic mass is 35.5. The van der Waals surface area contributed by atoms with Gasteiger partial charge < -0.3 is 21.3 Å². The van der Waals surface area contributed by atoms with Gasteiger partial charge in [-0.05, 0) is 34.0 Å². The number of aliphatic hydroxyl groups is 1. The van der Waals surface area contributed by atoms with Crippen molar-refractivity contribution in [2.45, 2.75) is 24.3 Å². The van der Waals surface area contributed by atoms with Gasteiger partial charge in [0.1, 0.15) is 5.03 Å². The second-order valence-electron chi connectivity index (χ2n) is 6.38. The molecule has 1 aliphatic rings. The van der Waals surface area contributed by atoms with Crippen LogP contribution in [0.4, 0.5) is 5.95 Å². The lowest BCUT2D eigenvalue weighted by molar-refractivity contribution is 0.103. The Hall–Kier alpha value is -1.90. The van der Waals surface area contributed by atoms with Gasteiger partial charge in [-0.3, -0.25) is 0 Å². The summed E-state index contributed by atoms with van der Waals surface area (Å²) < 4.78 is 5.65. The number of benzene rings is 2. The number of halogens is 1. The van der Waals surface area contributed by atoms with Gasteiger partial charge in [0.25, 0.3) is 0 Å². The SMILES string of the molecule is NCC(O)CSc1cc(-c2c(Cl)cc3c4c(cccc24)COC3)nc(N)n1. The largest absolute Gasteiger partial charge is 0.391 e. The first kappa shape index (κ1) is 18.5. The second kappa shape index (κ2) is 7.61. The monoisotopic (exact) mass is 402 g/mol. The predicted molar refractivity (Wildman–Crippen MR) is 109 cm³/mol. The van der Waals surface area contributed by atoms with E-state index in [0.717, 1.165) is 27.5 Å². The van der Waals surface area contributed by atoms with E-state index in [1.54, 1.807) is 0 Å². The number of hydrogen-bond acceptors (Lipinski definition) is 7. The Morgan fingerprint density at radius 1 is 1.22 bits per heavy atom. The molecule has 0 fully saturated rings. The van der Waals surface area contributed by atoms with E-state index in [2.05, 4.69) is 16.0 Å². The molecule has 2 aromatic carbocycles. The van der Waals surface area contributed by atoms with Gasteiger partial charge in [0, 0.05) is 17.9 Å². The van der Waals surface area contributed by atoms with E-state index in [1.807, 2.05) is 24.3 Å². The lowest BCUT2D eigenvalue weighted by Gasteiger charge is -2.20. The normalized spacial score (nSPS) is 14.5. The Labute approximate surface area is 165 Å². The van der Waals surface area contributed by atoms with Crippen molar-refractivity contribution in [3.63, 3.8) is 0 Å². The van der Waals surface area contributed by atoms with Crippen LogP contribution in [-0.2, 0) is 18.0 Å². The summed E-state index contributed by atoms with van der Waals surface area (Å²) in [4.78, 5) is 8.67. The zero-order valence-electron chi connectivity index (χ0n) is 14.5. The van der Waals surface area contributed by atoms with Crippen molar-refractivity contribution in [3.05, 3.63) is 46.5 Å². The number of rotatable bonds is 5. The zero-order valence-corrected chi connectivity index (χ0v) is 16.1. The number of nitrogens with zero attached hydrogens (tertiary/aromatic N) is 2. The summed E-state index contributed by atoms with van der Waals surface area (Å²) in [5.41, 5.74) is 15.1. The average Bonchev–Trinajstić information content (AvgIpc) is 2.66. The Bertz CT molecular complexity index is 1010. The molecule has 1 aromatic heterocycles. The standard InChI is InChI=1S/C19H19ClN4O2S/c20-14-4-11-8-26-7-10-2-1-3-13(17(10)11)18(14)15-5-16(24-19(22)23-15)27-9-12(25)6-21/h1-5,12,25H,6-9,21H2,(H2,22,23,24). The molecule has 0 saturated carbocycles. The molecule has 140 valence electrons. The van der Waals surface area contributed by atoms with E-state index in [9.17, 15) is 5.11 Å². The van der Waals surface area contributed by atoms with Crippen molar-refractivity contribution in [2.75, 3.05) is 18.0 Å². The summed E-state index contributed by atoms with van der Waals surface area (Å²) in [5.74, 6) is 0.596. The van der Waals surface area contributed by atoms with Gasteiger partial charge in [0.05, 0.1) is 30.0 Å². The molecular weight excluding hydrogens is 384 g/mol. The molecule has 0 amide bonds. The maximum absolute atomic E-state index is 9.70. The first-order valence-corrected chi connectivity index (χ1v) is 9.89. The molecule has 1 unspecified atom stereocenters. The van der Waals surface area contributed by atoms with Crippen LogP contribution in [0.25, 0.3) is 22.0 Å².